The molecule has 0 bridgehead atoms. The summed E-state index contributed by atoms with van der Waals surface area (Å²) < 4.78 is 11.8. The van der Waals surface area contributed by atoms with Gasteiger partial charge >= 0.3 is 0 Å². The van der Waals surface area contributed by atoms with Gasteiger partial charge in [-0.05, 0) is 31.2 Å². The lowest BCUT2D eigenvalue weighted by Gasteiger charge is -2.17. The summed E-state index contributed by atoms with van der Waals surface area (Å²) in [7, 11) is 3.02. The number of aromatic nitrogens is 2. The highest BCUT2D eigenvalue weighted by Gasteiger charge is 2.19. The highest BCUT2D eigenvalue weighted by Crippen LogP contribution is 2.29. The van der Waals surface area contributed by atoms with Gasteiger partial charge in [0, 0.05) is 40.9 Å². The number of benzene rings is 2. The standard InChI is InChI=1S/C23H24ClN3O5/c1-14-18(9-10-28)23(30)27(22(25-14)15-5-4-6-16(24)11-15)13-21(29)26-19-8-7-17(31-2)12-20(19)32-3/h4-8,11-12,28H,9-10,13H2,1-3H3,(H,26,29). The molecule has 9 heteroatoms. The van der Waals surface area contributed by atoms with E-state index in [1.54, 1.807) is 49.4 Å². The first kappa shape index (κ1) is 23.3. The Bertz CT molecular complexity index is 1190. The van der Waals surface area contributed by atoms with Crippen LogP contribution >= 0.6 is 11.6 Å². The molecule has 0 aliphatic rings. The lowest BCUT2D eigenvalue weighted by molar-refractivity contribution is -0.116. The van der Waals surface area contributed by atoms with Crippen LogP contribution in [-0.4, -0.2) is 41.4 Å². The summed E-state index contributed by atoms with van der Waals surface area (Å²) in [4.78, 5) is 30.7. The van der Waals surface area contributed by atoms with Gasteiger partial charge in [0.05, 0.1) is 19.9 Å². The third-order valence-corrected chi connectivity index (χ3v) is 5.13. The van der Waals surface area contributed by atoms with Crippen LogP contribution in [0.5, 0.6) is 11.5 Å². The molecule has 0 spiro atoms. The van der Waals surface area contributed by atoms with Crippen molar-refractivity contribution in [2.75, 3.05) is 26.1 Å². The predicted octanol–water partition coefficient (Wildman–Crippen LogP) is 3.06. The van der Waals surface area contributed by atoms with E-state index in [4.69, 9.17) is 21.1 Å². The number of hydrogen-bond donors (Lipinski definition) is 2. The molecule has 8 nitrogen and oxygen atoms in total. The van der Waals surface area contributed by atoms with E-state index in [2.05, 4.69) is 10.3 Å². The molecule has 1 aromatic heterocycles. The molecule has 0 unspecified atom stereocenters. The van der Waals surface area contributed by atoms with Crippen molar-refractivity contribution in [1.29, 1.82) is 0 Å². The van der Waals surface area contributed by atoms with Crippen LogP contribution < -0.4 is 20.3 Å². The molecule has 3 aromatic rings. The number of anilines is 1. The Morgan fingerprint density at radius 2 is 1.97 bits per heavy atom. The van der Waals surface area contributed by atoms with E-state index < -0.39 is 11.5 Å². The first-order valence-corrected chi connectivity index (χ1v) is 10.2. The second-order valence-electron chi connectivity index (χ2n) is 6.99. The molecule has 0 saturated heterocycles. The van der Waals surface area contributed by atoms with E-state index in [1.807, 2.05) is 0 Å². The molecule has 0 radical (unpaired) electrons. The van der Waals surface area contributed by atoms with Gasteiger partial charge in [0.25, 0.3) is 5.56 Å². The van der Waals surface area contributed by atoms with Gasteiger partial charge in [-0.15, -0.1) is 0 Å². The zero-order chi connectivity index (χ0) is 23.3. The summed E-state index contributed by atoms with van der Waals surface area (Å²) in [6.07, 6.45) is 0.140. The zero-order valence-corrected chi connectivity index (χ0v) is 18.8. The lowest BCUT2D eigenvalue weighted by Crippen LogP contribution is -2.33. The summed E-state index contributed by atoms with van der Waals surface area (Å²) in [5.41, 5.74) is 1.49. The number of carbonyl (C=O) groups is 1. The minimum absolute atomic E-state index is 0.140. The fourth-order valence-corrected chi connectivity index (χ4v) is 3.52. The Morgan fingerprint density at radius 3 is 2.62 bits per heavy atom. The number of halogens is 1. The third-order valence-electron chi connectivity index (χ3n) is 4.90. The van der Waals surface area contributed by atoms with Crippen LogP contribution in [0, 0.1) is 6.92 Å². The molecule has 0 atom stereocenters. The molecule has 2 N–H and O–H groups in total. The summed E-state index contributed by atoms with van der Waals surface area (Å²) in [5.74, 6) is 0.867. The first-order valence-electron chi connectivity index (χ1n) is 9.87. The average Bonchev–Trinajstić information content (AvgIpc) is 2.78. The maximum atomic E-state index is 13.2. The lowest BCUT2D eigenvalue weighted by atomic mass is 10.1. The van der Waals surface area contributed by atoms with E-state index in [0.717, 1.165) is 0 Å². The molecule has 3 rings (SSSR count). The molecule has 2 aromatic carbocycles. The van der Waals surface area contributed by atoms with Gasteiger partial charge in [0.2, 0.25) is 5.91 Å². The van der Waals surface area contributed by atoms with Gasteiger partial charge in [0.15, 0.2) is 0 Å². The quantitative estimate of drug-likeness (QED) is 0.539. The Kier molecular flexibility index (Phi) is 7.50. The Labute approximate surface area is 190 Å². The Balaban J connectivity index is 2.01. The third kappa shape index (κ3) is 5.09. The number of aliphatic hydroxyl groups is 1. The normalized spacial score (nSPS) is 10.7. The van der Waals surface area contributed by atoms with Crippen molar-refractivity contribution in [3.8, 4) is 22.9 Å². The van der Waals surface area contributed by atoms with E-state index >= 15 is 0 Å². The molecular weight excluding hydrogens is 434 g/mol. The summed E-state index contributed by atoms with van der Waals surface area (Å²) in [6.45, 7) is 1.21. The van der Waals surface area contributed by atoms with Crippen LogP contribution in [0.2, 0.25) is 5.02 Å². The number of hydrogen-bond acceptors (Lipinski definition) is 6. The zero-order valence-electron chi connectivity index (χ0n) is 18.0. The number of methoxy groups -OCH3 is 2. The van der Waals surface area contributed by atoms with E-state index in [1.165, 1.54) is 18.8 Å². The second kappa shape index (κ2) is 10.3. The fourth-order valence-electron chi connectivity index (χ4n) is 3.33. The Morgan fingerprint density at radius 1 is 1.19 bits per heavy atom. The van der Waals surface area contributed by atoms with Gasteiger partial charge < -0.3 is 19.9 Å². The van der Waals surface area contributed by atoms with Crippen LogP contribution in [-0.2, 0) is 17.8 Å². The van der Waals surface area contributed by atoms with Crippen molar-refractivity contribution in [2.45, 2.75) is 19.9 Å². The van der Waals surface area contributed by atoms with E-state index in [0.29, 0.717) is 44.9 Å². The number of aryl methyl sites for hydroxylation is 1. The van der Waals surface area contributed by atoms with Crippen molar-refractivity contribution < 1.29 is 19.4 Å². The fraction of sp³-hybridized carbons (Fsp3) is 0.261. The number of carbonyl (C=O) groups excluding carboxylic acids is 1. The summed E-state index contributed by atoms with van der Waals surface area (Å²) in [6, 6.07) is 11.9. The minimum atomic E-state index is -0.445. The maximum Gasteiger partial charge on any atom is 0.257 e. The number of rotatable bonds is 8. The van der Waals surface area contributed by atoms with Crippen LogP contribution in [0.25, 0.3) is 11.4 Å². The van der Waals surface area contributed by atoms with Gasteiger partial charge in [-0.3, -0.25) is 14.2 Å². The van der Waals surface area contributed by atoms with Crippen molar-refractivity contribution in [2.24, 2.45) is 0 Å². The van der Waals surface area contributed by atoms with Crippen molar-refractivity contribution in [3.63, 3.8) is 0 Å². The van der Waals surface area contributed by atoms with Crippen molar-refractivity contribution in [3.05, 3.63) is 69.1 Å². The van der Waals surface area contributed by atoms with Gasteiger partial charge in [-0.1, -0.05) is 23.7 Å². The monoisotopic (exact) mass is 457 g/mol. The minimum Gasteiger partial charge on any atom is -0.497 e. The summed E-state index contributed by atoms with van der Waals surface area (Å²) in [5, 5.41) is 12.6. The number of ether oxygens (including phenoxy) is 2. The molecule has 0 fully saturated rings. The average molecular weight is 458 g/mol. The van der Waals surface area contributed by atoms with Crippen LogP contribution in [0.3, 0.4) is 0 Å². The number of nitrogens with one attached hydrogen (secondary N) is 1. The SMILES string of the molecule is COc1ccc(NC(=O)Cn2c(-c3cccc(Cl)c3)nc(C)c(CCO)c2=O)c(OC)c1. The Hall–Kier alpha value is -3.36. The highest BCUT2D eigenvalue weighted by molar-refractivity contribution is 6.30. The topological polar surface area (TPSA) is 103 Å². The van der Waals surface area contributed by atoms with Gasteiger partial charge in [-0.25, -0.2) is 4.98 Å². The highest BCUT2D eigenvalue weighted by atomic mass is 35.5. The molecular formula is C23H24ClN3O5. The summed E-state index contributed by atoms with van der Waals surface area (Å²) >= 11 is 6.13. The van der Waals surface area contributed by atoms with Crippen LogP contribution in [0.4, 0.5) is 5.69 Å². The number of amides is 1. The van der Waals surface area contributed by atoms with Crippen molar-refractivity contribution >= 4 is 23.2 Å². The molecule has 1 amide bonds. The molecule has 0 saturated carbocycles. The molecule has 0 aliphatic carbocycles. The molecule has 168 valence electrons. The molecule has 32 heavy (non-hydrogen) atoms. The number of aliphatic hydroxyl groups excluding tert-OH is 1. The van der Waals surface area contributed by atoms with Gasteiger partial charge in [-0.2, -0.15) is 0 Å². The van der Waals surface area contributed by atoms with Crippen LogP contribution in [0.15, 0.2) is 47.3 Å². The second-order valence-corrected chi connectivity index (χ2v) is 7.43. The van der Waals surface area contributed by atoms with E-state index in [9.17, 15) is 14.7 Å². The van der Waals surface area contributed by atoms with Gasteiger partial charge in [0.1, 0.15) is 23.9 Å². The maximum absolute atomic E-state index is 13.2. The van der Waals surface area contributed by atoms with Crippen molar-refractivity contribution in [1.82, 2.24) is 9.55 Å². The van der Waals surface area contributed by atoms with Crippen LogP contribution in [0.1, 0.15) is 11.3 Å². The smallest absolute Gasteiger partial charge is 0.257 e. The predicted molar refractivity (Wildman–Crippen MR) is 123 cm³/mol. The molecule has 1 heterocycles. The molecule has 0 aliphatic heterocycles. The first-order chi connectivity index (χ1) is 15.4. The van der Waals surface area contributed by atoms with E-state index in [-0.39, 0.29) is 19.6 Å². The largest absolute Gasteiger partial charge is 0.497 e. The number of nitrogens with zero attached hydrogens (tertiary/aromatic N) is 2.